The Labute approximate surface area is 308 Å². The van der Waals surface area contributed by atoms with Gasteiger partial charge < -0.3 is 4.42 Å². The van der Waals surface area contributed by atoms with E-state index in [1.807, 2.05) is 12.1 Å². The zero-order valence-electron chi connectivity index (χ0n) is 28.9. The summed E-state index contributed by atoms with van der Waals surface area (Å²) < 4.78 is 8.84. The number of rotatable bonds is 3. The van der Waals surface area contributed by atoms with Crippen LogP contribution >= 0.6 is 0 Å². The molecule has 0 unspecified atom stereocenters. The Balaban J connectivity index is 1.24. The monoisotopic (exact) mass is 688 g/mol. The van der Waals surface area contributed by atoms with Gasteiger partial charge in [-0.05, 0) is 68.0 Å². The van der Waals surface area contributed by atoms with Crippen molar-refractivity contribution in [3.05, 3.63) is 170 Å². The first kappa shape index (κ1) is 29.2. The Morgan fingerprint density at radius 3 is 1.67 bits per heavy atom. The van der Waals surface area contributed by atoms with Gasteiger partial charge in [-0.15, -0.1) is 0 Å². The number of fused-ring (bicyclic) bond motifs is 13. The quantitative estimate of drug-likeness (QED) is 0.185. The molecule has 0 radical (unpaired) electrons. The summed E-state index contributed by atoms with van der Waals surface area (Å²) in [6.07, 6.45) is 0. The molecule has 9 aromatic carbocycles. The van der Waals surface area contributed by atoms with Crippen molar-refractivity contribution in [3.8, 4) is 28.7 Å². The van der Waals surface area contributed by atoms with Crippen LogP contribution in [0.2, 0.25) is 0 Å². The molecular formula is C49H28N4O. The van der Waals surface area contributed by atoms with E-state index in [0.717, 1.165) is 65.6 Å². The van der Waals surface area contributed by atoms with Crippen LogP contribution in [0.4, 0.5) is 0 Å². The minimum absolute atomic E-state index is 0.558. The van der Waals surface area contributed by atoms with Gasteiger partial charge >= 0.3 is 0 Å². The van der Waals surface area contributed by atoms with Crippen LogP contribution in [0.15, 0.2) is 174 Å². The summed E-state index contributed by atoms with van der Waals surface area (Å²) in [4.78, 5) is 16.1. The van der Waals surface area contributed by atoms with Gasteiger partial charge in [-0.3, -0.25) is 4.57 Å². The fourth-order valence-electron chi connectivity index (χ4n) is 8.54. The van der Waals surface area contributed by atoms with Crippen LogP contribution in [-0.4, -0.2) is 19.5 Å². The summed E-state index contributed by atoms with van der Waals surface area (Å²) >= 11 is 0. The number of aromatic nitrogens is 4. The molecule has 12 aromatic rings. The van der Waals surface area contributed by atoms with Crippen molar-refractivity contribution in [3.63, 3.8) is 0 Å². The molecule has 5 nitrogen and oxygen atoms in total. The Hall–Kier alpha value is -7.37. The van der Waals surface area contributed by atoms with Crippen molar-refractivity contribution >= 4 is 86.8 Å². The van der Waals surface area contributed by atoms with Gasteiger partial charge in [-0.2, -0.15) is 9.97 Å². The third kappa shape index (κ3) is 4.18. The van der Waals surface area contributed by atoms with Crippen molar-refractivity contribution in [1.82, 2.24) is 19.5 Å². The molecule has 3 aromatic heterocycles. The summed E-state index contributed by atoms with van der Waals surface area (Å²) in [6.45, 7) is 0. The molecule has 12 rings (SSSR count). The fourth-order valence-corrected chi connectivity index (χ4v) is 8.54. The third-order valence-electron chi connectivity index (χ3n) is 11.0. The second kappa shape index (κ2) is 11.1. The molecule has 0 amide bonds. The molecule has 0 bridgehead atoms. The van der Waals surface area contributed by atoms with Crippen molar-refractivity contribution in [2.24, 2.45) is 0 Å². The highest BCUT2D eigenvalue weighted by atomic mass is 16.3. The van der Waals surface area contributed by atoms with Gasteiger partial charge in [0.2, 0.25) is 5.95 Å². The number of hydrogen-bond acceptors (Lipinski definition) is 4. The maximum Gasteiger partial charge on any atom is 0.238 e. The molecular weight excluding hydrogens is 661 g/mol. The van der Waals surface area contributed by atoms with Crippen molar-refractivity contribution in [2.75, 3.05) is 0 Å². The first-order chi connectivity index (χ1) is 26.8. The first-order valence-corrected chi connectivity index (χ1v) is 18.2. The maximum atomic E-state index is 6.61. The topological polar surface area (TPSA) is 56.7 Å². The van der Waals surface area contributed by atoms with Gasteiger partial charge in [0.15, 0.2) is 11.6 Å². The summed E-state index contributed by atoms with van der Waals surface area (Å²) in [6, 6.07) is 59.7. The number of benzene rings is 9. The van der Waals surface area contributed by atoms with E-state index in [1.165, 1.54) is 32.3 Å². The predicted molar refractivity (Wildman–Crippen MR) is 222 cm³/mol. The minimum atomic E-state index is 0.558. The smallest absolute Gasteiger partial charge is 0.238 e. The Morgan fingerprint density at radius 1 is 0.389 bits per heavy atom. The summed E-state index contributed by atoms with van der Waals surface area (Å²) in [5.41, 5.74) is 5.56. The number of para-hydroxylation sites is 1. The van der Waals surface area contributed by atoms with Gasteiger partial charge in [-0.25, -0.2) is 4.98 Å². The normalized spacial score (nSPS) is 12.1. The highest BCUT2D eigenvalue weighted by Crippen LogP contribution is 2.43. The summed E-state index contributed by atoms with van der Waals surface area (Å²) in [5, 5.41) is 13.6. The summed E-state index contributed by atoms with van der Waals surface area (Å²) in [5.74, 6) is 1.75. The van der Waals surface area contributed by atoms with Crippen molar-refractivity contribution in [2.45, 2.75) is 0 Å². The molecule has 0 aliphatic heterocycles. The summed E-state index contributed by atoms with van der Waals surface area (Å²) in [7, 11) is 0. The minimum Gasteiger partial charge on any atom is -0.455 e. The Morgan fingerprint density at radius 2 is 0.944 bits per heavy atom. The lowest BCUT2D eigenvalue weighted by Gasteiger charge is -2.13. The van der Waals surface area contributed by atoms with E-state index in [0.29, 0.717) is 17.6 Å². The molecule has 54 heavy (non-hydrogen) atoms. The molecule has 0 N–H and O–H groups in total. The molecule has 0 saturated carbocycles. The Kier molecular flexibility index (Phi) is 5.99. The van der Waals surface area contributed by atoms with Gasteiger partial charge in [-0.1, -0.05) is 140 Å². The lowest BCUT2D eigenvalue weighted by atomic mass is 9.99. The van der Waals surface area contributed by atoms with Crippen molar-refractivity contribution < 1.29 is 4.42 Å². The van der Waals surface area contributed by atoms with Crippen LogP contribution in [0.1, 0.15) is 0 Å². The van der Waals surface area contributed by atoms with Crippen LogP contribution in [-0.2, 0) is 0 Å². The SMILES string of the molecule is c1ccc2cc(-c3nc(-c4cc5ccccc5c5oc6ccccc6c45)nc(-n4c5ccc6ccccc6c5c5c6ccccc6ccc54)n3)ccc2c1. The molecule has 250 valence electrons. The standard InChI is InChI=1S/C49H28N4O/c1-2-14-32-27-34(22-21-29(32)11-1)47-50-48(39-28-33-15-5-8-18-37(33)46-43(39)38-19-9-10-20-42(38)54-46)52-49(51-47)53-40-25-23-30-12-3-6-16-35(30)44(40)45-36-17-7-4-13-31(36)24-26-41(45)53/h1-28H. The van der Waals surface area contributed by atoms with E-state index in [4.69, 9.17) is 19.4 Å². The van der Waals surface area contributed by atoms with Gasteiger partial charge in [0.25, 0.3) is 0 Å². The van der Waals surface area contributed by atoms with E-state index in [-0.39, 0.29) is 0 Å². The second-order valence-electron chi connectivity index (χ2n) is 14.0. The number of hydrogen-bond donors (Lipinski definition) is 0. The van der Waals surface area contributed by atoms with Crippen LogP contribution in [0, 0.1) is 0 Å². The fraction of sp³-hybridized carbons (Fsp3) is 0. The van der Waals surface area contributed by atoms with Crippen LogP contribution < -0.4 is 0 Å². The lowest BCUT2D eigenvalue weighted by molar-refractivity contribution is 0.672. The van der Waals surface area contributed by atoms with E-state index in [1.54, 1.807) is 0 Å². The predicted octanol–water partition coefficient (Wildman–Crippen LogP) is 12.8. The molecule has 0 aliphatic carbocycles. The average molecular weight is 689 g/mol. The Bertz CT molecular complexity index is 3430. The average Bonchev–Trinajstić information content (AvgIpc) is 3.80. The second-order valence-corrected chi connectivity index (χ2v) is 14.0. The van der Waals surface area contributed by atoms with E-state index in [2.05, 4.69) is 162 Å². The van der Waals surface area contributed by atoms with E-state index >= 15 is 0 Å². The molecule has 3 heterocycles. The molecule has 0 atom stereocenters. The number of furan rings is 1. The maximum absolute atomic E-state index is 6.61. The highest BCUT2D eigenvalue weighted by molar-refractivity contribution is 6.28. The van der Waals surface area contributed by atoms with Gasteiger partial charge in [0, 0.05) is 38.1 Å². The lowest BCUT2D eigenvalue weighted by Crippen LogP contribution is -2.06. The zero-order valence-corrected chi connectivity index (χ0v) is 28.9. The molecule has 0 saturated heterocycles. The van der Waals surface area contributed by atoms with E-state index < -0.39 is 0 Å². The highest BCUT2D eigenvalue weighted by Gasteiger charge is 2.23. The van der Waals surface area contributed by atoms with Crippen molar-refractivity contribution in [1.29, 1.82) is 0 Å². The van der Waals surface area contributed by atoms with Crippen LogP contribution in [0.25, 0.3) is 116 Å². The van der Waals surface area contributed by atoms with Gasteiger partial charge in [0.1, 0.15) is 11.2 Å². The van der Waals surface area contributed by atoms with Gasteiger partial charge in [0.05, 0.1) is 11.0 Å². The largest absolute Gasteiger partial charge is 0.455 e. The zero-order chi connectivity index (χ0) is 35.3. The van der Waals surface area contributed by atoms with E-state index in [9.17, 15) is 0 Å². The van der Waals surface area contributed by atoms with Crippen LogP contribution in [0.3, 0.4) is 0 Å². The first-order valence-electron chi connectivity index (χ1n) is 18.2. The molecule has 0 aliphatic rings. The molecule has 0 fully saturated rings. The van der Waals surface area contributed by atoms with Crippen LogP contribution in [0.5, 0.6) is 0 Å². The third-order valence-corrected chi connectivity index (χ3v) is 11.0. The molecule has 5 heteroatoms. The number of nitrogens with zero attached hydrogens (tertiary/aromatic N) is 4. The molecule has 0 spiro atoms.